The highest BCUT2D eigenvalue weighted by atomic mass is 35.5. The summed E-state index contributed by atoms with van der Waals surface area (Å²) >= 11 is 5.84. The zero-order chi connectivity index (χ0) is 14.7. The Bertz CT molecular complexity index is 612. The number of nitrogens with one attached hydrogen (secondary N) is 1. The molecule has 1 aromatic carbocycles. The first-order chi connectivity index (χ1) is 9.53. The van der Waals surface area contributed by atoms with E-state index in [1.165, 1.54) is 0 Å². The van der Waals surface area contributed by atoms with Gasteiger partial charge in [-0.25, -0.2) is 4.98 Å². The molecule has 3 N–H and O–H groups in total. The van der Waals surface area contributed by atoms with Gasteiger partial charge in [0.1, 0.15) is 11.5 Å². The van der Waals surface area contributed by atoms with Crippen LogP contribution in [0.5, 0.6) is 11.5 Å². The Labute approximate surface area is 121 Å². The van der Waals surface area contributed by atoms with E-state index in [-0.39, 0.29) is 5.28 Å². The molecule has 2 aromatic rings. The van der Waals surface area contributed by atoms with Crippen molar-refractivity contribution < 1.29 is 9.47 Å². The van der Waals surface area contributed by atoms with Gasteiger partial charge >= 0.3 is 0 Å². The van der Waals surface area contributed by atoms with Gasteiger partial charge in [-0.2, -0.15) is 4.98 Å². The van der Waals surface area contributed by atoms with Crippen LogP contribution in [0, 0.1) is 6.92 Å². The molecule has 1 aromatic heterocycles. The number of hydrogen-bond donors (Lipinski definition) is 2. The van der Waals surface area contributed by atoms with Crippen LogP contribution in [0.25, 0.3) is 0 Å². The highest BCUT2D eigenvalue weighted by molar-refractivity contribution is 6.28. The number of nitrogens with two attached hydrogens (primary N) is 1. The van der Waals surface area contributed by atoms with Crippen molar-refractivity contribution in [3.8, 4) is 11.5 Å². The van der Waals surface area contributed by atoms with Crippen LogP contribution in [0.1, 0.15) is 5.69 Å². The monoisotopic (exact) mass is 294 g/mol. The minimum atomic E-state index is 0.133. The quantitative estimate of drug-likeness (QED) is 0.844. The van der Waals surface area contributed by atoms with E-state index >= 15 is 0 Å². The molecule has 6 nitrogen and oxygen atoms in total. The molecule has 0 radical (unpaired) electrons. The van der Waals surface area contributed by atoms with Gasteiger partial charge < -0.3 is 20.5 Å². The number of nitrogen functional groups attached to an aromatic ring is 1. The maximum Gasteiger partial charge on any atom is 0.224 e. The molecular weight excluding hydrogens is 280 g/mol. The maximum atomic E-state index is 5.93. The number of aryl methyl sites for hydroxylation is 1. The normalized spacial score (nSPS) is 10.2. The molecule has 7 heteroatoms. The van der Waals surface area contributed by atoms with Crippen molar-refractivity contribution in [2.75, 3.05) is 25.3 Å². The molecule has 106 valence electrons. The molecule has 0 fully saturated rings. The Morgan fingerprint density at radius 1 is 1.10 bits per heavy atom. The van der Waals surface area contributed by atoms with Crippen LogP contribution in [0.3, 0.4) is 0 Å². The maximum absolute atomic E-state index is 5.93. The van der Waals surface area contributed by atoms with E-state index < -0.39 is 0 Å². The van der Waals surface area contributed by atoms with Gasteiger partial charge in [0, 0.05) is 23.9 Å². The topological polar surface area (TPSA) is 82.3 Å². The molecule has 0 saturated heterocycles. The van der Waals surface area contributed by atoms with Crippen molar-refractivity contribution in [2.45, 2.75) is 6.92 Å². The number of halogens is 1. The summed E-state index contributed by atoms with van der Waals surface area (Å²) in [5, 5.41) is 3.22. The molecule has 0 saturated carbocycles. The Kier molecular flexibility index (Phi) is 4.14. The van der Waals surface area contributed by atoms with E-state index in [4.69, 9.17) is 26.8 Å². The lowest BCUT2D eigenvalue weighted by Crippen LogP contribution is -2.04. The number of anilines is 3. The van der Waals surface area contributed by atoms with E-state index in [9.17, 15) is 0 Å². The predicted octanol–water partition coefficient (Wildman–Crippen LogP) is 2.78. The van der Waals surface area contributed by atoms with Crippen molar-refractivity contribution in [3.05, 3.63) is 29.2 Å². The van der Waals surface area contributed by atoms with Crippen molar-refractivity contribution in [2.24, 2.45) is 0 Å². The summed E-state index contributed by atoms with van der Waals surface area (Å²) in [7, 11) is 3.16. The number of ether oxygens (including phenoxy) is 2. The summed E-state index contributed by atoms with van der Waals surface area (Å²) in [4.78, 5) is 8.06. The largest absolute Gasteiger partial charge is 0.497 e. The summed E-state index contributed by atoms with van der Waals surface area (Å²) in [5.41, 5.74) is 7.71. The fraction of sp³-hybridized carbons (Fsp3) is 0.231. The average molecular weight is 295 g/mol. The molecule has 0 bridgehead atoms. The van der Waals surface area contributed by atoms with Gasteiger partial charge in [0.25, 0.3) is 0 Å². The van der Waals surface area contributed by atoms with E-state index in [2.05, 4.69) is 15.3 Å². The van der Waals surface area contributed by atoms with E-state index in [0.29, 0.717) is 28.7 Å². The Hall–Kier alpha value is -2.21. The molecule has 0 amide bonds. The summed E-state index contributed by atoms with van der Waals surface area (Å²) in [6, 6.07) is 5.37. The average Bonchev–Trinajstić information content (AvgIpc) is 2.43. The SMILES string of the molecule is COc1cc(Nc2nc(Cl)nc(C)c2N)cc(OC)c1. The zero-order valence-corrected chi connectivity index (χ0v) is 12.2. The van der Waals surface area contributed by atoms with Crippen molar-refractivity contribution in [3.63, 3.8) is 0 Å². The fourth-order valence-corrected chi connectivity index (χ4v) is 1.87. The molecule has 0 atom stereocenters. The lowest BCUT2D eigenvalue weighted by Gasteiger charge is -2.12. The molecule has 1 heterocycles. The number of benzene rings is 1. The second-order valence-electron chi connectivity index (χ2n) is 4.07. The number of nitrogens with zero attached hydrogens (tertiary/aromatic N) is 2. The zero-order valence-electron chi connectivity index (χ0n) is 11.4. The van der Waals surface area contributed by atoms with Gasteiger partial charge in [0.05, 0.1) is 25.6 Å². The number of hydrogen-bond acceptors (Lipinski definition) is 6. The van der Waals surface area contributed by atoms with Crippen LogP contribution in [-0.2, 0) is 0 Å². The van der Waals surface area contributed by atoms with Crippen molar-refractivity contribution >= 4 is 28.8 Å². The van der Waals surface area contributed by atoms with E-state index in [0.717, 1.165) is 5.69 Å². The summed E-state index contributed by atoms with van der Waals surface area (Å²) in [6.45, 7) is 1.76. The summed E-state index contributed by atoms with van der Waals surface area (Å²) in [5.74, 6) is 1.75. The third-order valence-corrected chi connectivity index (χ3v) is 2.89. The first kappa shape index (κ1) is 14.2. The Balaban J connectivity index is 2.39. The number of rotatable bonds is 4. The highest BCUT2D eigenvalue weighted by Crippen LogP contribution is 2.30. The van der Waals surface area contributed by atoms with Crippen LogP contribution in [0.2, 0.25) is 5.28 Å². The fourth-order valence-electron chi connectivity index (χ4n) is 1.66. The smallest absolute Gasteiger partial charge is 0.224 e. The van der Waals surface area contributed by atoms with Gasteiger partial charge in [-0.3, -0.25) is 0 Å². The second-order valence-corrected chi connectivity index (χ2v) is 4.40. The molecule has 0 spiro atoms. The second kappa shape index (κ2) is 5.83. The van der Waals surface area contributed by atoms with Crippen molar-refractivity contribution in [1.29, 1.82) is 0 Å². The third-order valence-electron chi connectivity index (χ3n) is 2.72. The standard InChI is InChI=1S/C13H15ClN4O2/c1-7-11(15)12(18-13(14)16-7)17-8-4-9(19-2)6-10(5-8)20-3/h4-6H,15H2,1-3H3,(H,16,17,18). The molecule has 0 aliphatic rings. The highest BCUT2D eigenvalue weighted by Gasteiger charge is 2.09. The first-order valence-electron chi connectivity index (χ1n) is 5.83. The van der Waals surface area contributed by atoms with Gasteiger partial charge in [0.15, 0.2) is 5.82 Å². The van der Waals surface area contributed by atoms with Gasteiger partial charge in [0.2, 0.25) is 5.28 Å². The van der Waals surface area contributed by atoms with Crippen molar-refractivity contribution in [1.82, 2.24) is 9.97 Å². The molecule has 0 aliphatic carbocycles. The van der Waals surface area contributed by atoms with Crippen LogP contribution >= 0.6 is 11.6 Å². The lowest BCUT2D eigenvalue weighted by atomic mass is 10.2. The van der Waals surface area contributed by atoms with Gasteiger partial charge in [-0.1, -0.05) is 0 Å². The third kappa shape index (κ3) is 3.03. The van der Waals surface area contributed by atoms with E-state index in [1.54, 1.807) is 39.3 Å². The van der Waals surface area contributed by atoms with Crippen LogP contribution in [-0.4, -0.2) is 24.2 Å². The summed E-state index contributed by atoms with van der Waals surface area (Å²) < 4.78 is 10.4. The number of aromatic nitrogens is 2. The van der Waals surface area contributed by atoms with Crippen LogP contribution < -0.4 is 20.5 Å². The number of methoxy groups -OCH3 is 2. The molecule has 0 unspecified atom stereocenters. The minimum absolute atomic E-state index is 0.133. The first-order valence-corrected chi connectivity index (χ1v) is 6.21. The lowest BCUT2D eigenvalue weighted by molar-refractivity contribution is 0.395. The Morgan fingerprint density at radius 3 is 2.25 bits per heavy atom. The predicted molar refractivity (Wildman–Crippen MR) is 79.0 cm³/mol. The molecular formula is C13H15ClN4O2. The molecule has 20 heavy (non-hydrogen) atoms. The Morgan fingerprint density at radius 2 is 1.70 bits per heavy atom. The van der Waals surface area contributed by atoms with Crippen LogP contribution in [0.4, 0.5) is 17.2 Å². The van der Waals surface area contributed by atoms with E-state index in [1.807, 2.05) is 0 Å². The minimum Gasteiger partial charge on any atom is -0.497 e. The molecule has 0 aliphatic heterocycles. The molecule has 2 rings (SSSR count). The van der Waals surface area contributed by atoms with Gasteiger partial charge in [-0.15, -0.1) is 0 Å². The summed E-state index contributed by atoms with van der Waals surface area (Å²) in [6.07, 6.45) is 0. The van der Waals surface area contributed by atoms with Gasteiger partial charge in [-0.05, 0) is 18.5 Å². The van der Waals surface area contributed by atoms with Crippen LogP contribution in [0.15, 0.2) is 18.2 Å².